The Bertz CT molecular complexity index is 3360. The SMILES string of the molecule is c1ccc(N2c3ccccc3C3(c4ccccc4-c4ccc(-c5cccc(-c6cc(-c7nc8ccccc8o7)cc(-c7nc8ccccc8o7)c6)c5)cc43)c3ccccc32)cc1. The number of nitrogens with zero attached hydrogens (tertiary/aromatic N) is 3. The van der Waals surface area contributed by atoms with E-state index in [9.17, 15) is 0 Å². The topological polar surface area (TPSA) is 55.3 Å². The van der Waals surface area contributed by atoms with Gasteiger partial charge < -0.3 is 13.7 Å². The van der Waals surface area contributed by atoms with E-state index in [2.05, 4.69) is 169 Å². The molecule has 1 aliphatic heterocycles. The predicted molar refractivity (Wildman–Crippen MR) is 249 cm³/mol. The Hall–Kier alpha value is -8.28. The third-order valence-electron chi connectivity index (χ3n) is 12.7. The van der Waals surface area contributed by atoms with Crippen LogP contribution in [0.5, 0.6) is 0 Å². The van der Waals surface area contributed by atoms with Gasteiger partial charge >= 0.3 is 0 Å². The summed E-state index contributed by atoms with van der Waals surface area (Å²) in [7, 11) is 0. The molecule has 5 nitrogen and oxygen atoms in total. The number of hydrogen-bond donors (Lipinski definition) is 0. The molecule has 3 heterocycles. The van der Waals surface area contributed by atoms with E-state index < -0.39 is 5.41 Å². The number of fused-ring (bicyclic) bond motifs is 11. The lowest BCUT2D eigenvalue weighted by atomic mass is 9.64. The molecule has 11 aromatic rings. The molecule has 0 unspecified atom stereocenters. The van der Waals surface area contributed by atoms with E-state index in [-0.39, 0.29) is 0 Å². The normalized spacial score (nSPS) is 13.3. The molecule has 0 atom stereocenters. The standard InChI is InChI=1S/C57H35N3O2/c1-2-17-42(18-3-1)60-51-25-10-6-21-46(51)57(47-22-7-11-26-52(47)60)45-20-5-4-19-43(45)44-30-29-38(35-48(44)57)36-15-14-16-37(31-36)39-32-40(55-58-49-23-8-12-27-53(49)61-55)34-41(33-39)56-59-50-24-9-13-28-54(50)62-56/h1-35H. The van der Waals surface area contributed by atoms with Gasteiger partial charge in [-0.15, -0.1) is 0 Å². The lowest BCUT2D eigenvalue weighted by Crippen LogP contribution is -2.36. The molecule has 13 rings (SSSR count). The first-order chi connectivity index (χ1) is 30.7. The van der Waals surface area contributed by atoms with Crippen LogP contribution < -0.4 is 4.90 Å². The minimum Gasteiger partial charge on any atom is -0.436 e. The van der Waals surface area contributed by atoms with Gasteiger partial charge in [0, 0.05) is 16.8 Å². The number of aromatic nitrogens is 2. The Labute approximate surface area is 357 Å². The second-order valence-electron chi connectivity index (χ2n) is 16.1. The molecule has 0 bridgehead atoms. The zero-order chi connectivity index (χ0) is 40.8. The van der Waals surface area contributed by atoms with Crippen LogP contribution in [0.1, 0.15) is 22.3 Å². The van der Waals surface area contributed by atoms with Crippen LogP contribution >= 0.6 is 0 Å². The highest BCUT2D eigenvalue weighted by molar-refractivity contribution is 5.97. The van der Waals surface area contributed by atoms with Gasteiger partial charge in [0.05, 0.1) is 16.8 Å². The molecule has 0 amide bonds. The molecule has 0 saturated heterocycles. The molecule has 0 fully saturated rings. The number of rotatable bonds is 5. The summed E-state index contributed by atoms with van der Waals surface area (Å²) in [6.07, 6.45) is 0. The molecular weight excluding hydrogens is 759 g/mol. The first kappa shape index (κ1) is 34.6. The van der Waals surface area contributed by atoms with Crippen LogP contribution in [0.25, 0.3) is 78.5 Å². The van der Waals surface area contributed by atoms with Gasteiger partial charge in [0.1, 0.15) is 11.0 Å². The second kappa shape index (κ2) is 13.4. The minimum absolute atomic E-state index is 0.541. The Morgan fingerprint density at radius 2 is 0.823 bits per heavy atom. The van der Waals surface area contributed by atoms with Gasteiger partial charge in [-0.3, -0.25) is 0 Å². The van der Waals surface area contributed by atoms with Crippen LogP contribution in [0.2, 0.25) is 0 Å². The van der Waals surface area contributed by atoms with Crippen molar-refractivity contribution in [1.82, 2.24) is 9.97 Å². The first-order valence-corrected chi connectivity index (χ1v) is 21.0. The van der Waals surface area contributed by atoms with Crippen LogP contribution in [0.4, 0.5) is 17.1 Å². The molecule has 62 heavy (non-hydrogen) atoms. The van der Waals surface area contributed by atoms with Crippen LogP contribution in [0.15, 0.2) is 221 Å². The Kier molecular flexibility index (Phi) is 7.45. The van der Waals surface area contributed by atoms with Gasteiger partial charge in [-0.2, -0.15) is 0 Å². The monoisotopic (exact) mass is 793 g/mol. The highest BCUT2D eigenvalue weighted by atomic mass is 16.4. The van der Waals surface area contributed by atoms with Crippen molar-refractivity contribution in [2.45, 2.75) is 5.41 Å². The number of anilines is 3. The summed E-state index contributed by atoms with van der Waals surface area (Å²) >= 11 is 0. The van der Waals surface area contributed by atoms with Gasteiger partial charge in [0.2, 0.25) is 11.8 Å². The molecule has 2 aromatic heterocycles. The molecular formula is C57H35N3O2. The maximum Gasteiger partial charge on any atom is 0.227 e. The third kappa shape index (κ3) is 5.09. The minimum atomic E-state index is -0.541. The Morgan fingerprint density at radius 3 is 1.47 bits per heavy atom. The van der Waals surface area contributed by atoms with E-state index >= 15 is 0 Å². The van der Waals surface area contributed by atoms with E-state index in [0.29, 0.717) is 11.8 Å². The van der Waals surface area contributed by atoms with E-state index in [1.165, 1.54) is 44.8 Å². The van der Waals surface area contributed by atoms with Crippen molar-refractivity contribution in [1.29, 1.82) is 0 Å². The molecule has 2 aliphatic rings. The quantitative estimate of drug-likeness (QED) is 0.174. The highest BCUT2D eigenvalue weighted by Gasteiger charge is 2.51. The predicted octanol–water partition coefficient (Wildman–Crippen LogP) is 14.8. The summed E-state index contributed by atoms with van der Waals surface area (Å²) < 4.78 is 12.7. The number of oxazole rings is 2. The van der Waals surface area contributed by atoms with E-state index in [4.69, 9.17) is 18.8 Å². The zero-order valence-corrected chi connectivity index (χ0v) is 33.4. The van der Waals surface area contributed by atoms with Crippen LogP contribution in [0, 0.1) is 0 Å². The van der Waals surface area contributed by atoms with Gasteiger partial charge in [0.15, 0.2) is 11.2 Å². The average Bonchev–Trinajstić information content (AvgIpc) is 4.06. The molecule has 5 heteroatoms. The van der Waals surface area contributed by atoms with E-state index in [0.717, 1.165) is 61.3 Å². The number of para-hydroxylation sites is 7. The lowest BCUT2D eigenvalue weighted by Gasteiger charge is -2.45. The second-order valence-corrected chi connectivity index (χ2v) is 16.1. The van der Waals surface area contributed by atoms with Crippen molar-refractivity contribution in [3.63, 3.8) is 0 Å². The summed E-state index contributed by atoms with van der Waals surface area (Å²) in [5, 5.41) is 0. The lowest BCUT2D eigenvalue weighted by molar-refractivity contribution is 0.617. The molecule has 9 aromatic carbocycles. The Morgan fingerprint density at radius 1 is 0.339 bits per heavy atom. The van der Waals surface area contributed by atoms with Crippen molar-refractivity contribution < 1.29 is 8.83 Å². The fourth-order valence-electron chi connectivity index (χ4n) is 10.1. The van der Waals surface area contributed by atoms with Crippen molar-refractivity contribution in [2.24, 2.45) is 0 Å². The Balaban J connectivity index is 0.991. The van der Waals surface area contributed by atoms with Crippen molar-refractivity contribution >= 4 is 39.3 Å². The third-order valence-corrected chi connectivity index (χ3v) is 12.7. The van der Waals surface area contributed by atoms with Crippen molar-refractivity contribution in [3.05, 3.63) is 235 Å². The smallest absolute Gasteiger partial charge is 0.227 e. The summed E-state index contributed by atoms with van der Waals surface area (Å²) in [5.41, 5.74) is 19.7. The molecule has 1 spiro atoms. The summed E-state index contributed by atoms with van der Waals surface area (Å²) in [5.74, 6) is 1.09. The van der Waals surface area contributed by atoms with Gasteiger partial charge in [-0.25, -0.2) is 9.97 Å². The fraction of sp³-hybridized carbons (Fsp3) is 0.0175. The van der Waals surface area contributed by atoms with Gasteiger partial charge in [0.25, 0.3) is 0 Å². The summed E-state index contributed by atoms with van der Waals surface area (Å²) in [6.45, 7) is 0. The zero-order valence-electron chi connectivity index (χ0n) is 33.4. The first-order valence-electron chi connectivity index (χ1n) is 21.0. The van der Waals surface area contributed by atoms with Crippen LogP contribution in [-0.4, -0.2) is 9.97 Å². The maximum absolute atomic E-state index is 6.33. The number of benzene rings is 9. The number of hydrogen-bond acceptors (Lipinski definition) is 5. The van der Waals surface area contributed by atoms with Crippen LogP contribution in [0.3, 0.4) is 0 Å². The average molecular weight is 794 g/mol. The van der Waals surface area contributed by atoms with E-state index in [1.54, 1.807) is 0 Å². The molecule has 0 saturated carbocycles. The van der Waals surface area contributed by atoms with Crippen LogP contribution in [-0.2, 0) is 5.41 Å². The van der Waals surface area contributed by atoms with E-state index in [1.807, 2.05) is 48.5 Å². The summed E-state index contributed by atoms with van der Waals surface area (Å²) in [4.78, 5) is 12.2. The molecule has 1 aliphatic carbocycles. The summed E-state index contributed by atoms with van der Waals surface area (Å²) in [6, 6.07) is 75.6. The molecule has 290 valence electrons. The fourth-order valence-corrected chi connectivity index (χ4v) is 10.1. The van der Waals surface area contributed by atoms with Crippen molar-refractivity contribution in [2.75, 3.05) is 4.90 Å². The van der Waals surface area contributed by atoms with Crippen molar-refractivity contribution in [3.8, 4) is 56.3 Å². The van der Waals surface area contributed by atoms with Gasteiger partial charge in [-0.05, 0) is 134 Å². The molecule has 0 radical (unpaired) electrons. The van der Waals surface area contributed by atoms with Gasteiger partial charge in [-0.1, -0.05) is 133 Å². The highest BCUT2D eigenvalue weighted by Crippen LogP contribution is 2.63. The largest absolute Gasteiger partial charge is 0.436 e. The maximum atomic E-state index is 6.33. The molecule has 0 N–H and O–H groups in total.